The van der Waals surface area contributed by atoms with E-state index in [2.05, 4.69) is 5.32 Å². The van der Waals surface area contributed by atoms with E-state index in [0.717, 1.165) is 12.0 Å². The molecule has 0 bridgehead atoms. The molecule has 22 heavy (non-hydrogen) atoms. The van der Waals surface area contributed by atoms with Crippen LogP contribution < -0.4 is 5.32 Å². The van der Waals surface area contributed by atoms with Crippen LogP contribution in [0.25, 0.3) is 0 Å². The molecule has 0 aliphatic carbocycles. The van der Waals surface area contributed by atoms with E-state index in [4.69, 9.17) is 11.6 Å². The zero-order valence-electron chi connectivity index (χ0n) is 11.9. The lowest BCUT2D eigenvalue weighted by atomic mass is 9.99. The average Bonchev–Trinajstić information content (AvgIpc) is 3.05. The highest BCUT2D eigenvalue weighted by Gasteiger charge is 2.44. The molecule has 122 valence electrons. The van der Waals surface area contributed by atoms with Gasteiger partial charge in [0.25, 0.3) is 5.92 Å². The number of amides is 1. The van der Waals surface area contributed by atoms with Crippen molar-refractivity contribution in [1.82, 2.24) is 10.2 Å². The van der Waals surface area contributed by atoms with Crippen molar-refractivity contribution in [1.29, 1.82) is 0 Å². The summed E-state index contributed by atoms with van der Waals surface area (Å²) in [5.74, 6) is -2.72. The molecule has 2 aliphatic heterocycles. The van der Waals surface area contributed by atoms with Crippen molar-refractivity contribution in [2.45, 2.75) is 30.7 Å². The van der Waals surface area contributed by atoms with Gasteiger partial charge in [0.05, 0.1) is 12.6 Å². The van der Waals surface area contributed by atoms with Gasteiger partial charge in [-0.15, -0.1) is 12.4 Å². The topological polar surface area (TPSA) is 32.3 Å². The fourth-order valence-corrected chi connectivity index (χ4v) is 3.20. The number of carbonyl (C=O) groups excluding carboxylic acids is 1. The molecule has 3 nitrogen and oxygen atoms in total. The molecule has 1 aromatic carbocycles. The van der Waals surface area contributed by atoms with Crippen molar-refractivity contribution in [3.63, 3.8) is 0 Å². The van der Waals surface area contributed by atoms with Crippen molar-refractivity contribution in [3.05, 3.63) is 34.9 Å². The van der Waals surface area contributed by atoms with Crippen molar-refractivity contribution in [2.24, 2.45) is 0 Å². The minimum absolute atomic E-state index is 0. The molecule has 2 unspecified atom stereocenters. The van der Waals surface area contributed by atoms with Crippen LogP contribution in [0.2, 0.25) is 5.02 Å². The van der Waals surface area contributed by atoms with Gasteiger partial charge in [0, 0.05) is 30.5 Å². The maximum Gasteiger partial charge on any atom is 0.262 e. The van der Waals surface area contributed by atoms with Gasteiger partial charge in [-0.3, -0.25) is 10.1 Å². The Hall–Kier alpha value is -0.910. The zero-order chi connectivity index (χ0) is 15.0. The number of carbonyl (C=O) groups is 1. The predicted octanol–water partition coefficient (Wildman–Crippen LogP) is 3.07. The van der Waals surface area contributed by atoms with Crippen LogP contribution in [0.4, 0.5) is 8.78 Å². The second kappa shape index (κ2) is 6.69. The molecule has 3 rings (SSSR count). The molecule has 0 aromatic heterocycles. The van der Waals surface area contributed by atoms with Crippen molar-refractivity contribution >= 4 is 29.9 Å². The van der Waals surface area contributed by atoms with Gasteiger partial charge in [-0.25, -0.2) is 8.78 Å². The standard InChI is InChI=1S/C15H17ClF2N2O.ClH/c16-12-3-1-10(2-4-12)11-5-6-20(8-11)14(21)13-7-15(17,18)9-19-13;/h1-4,11,13,19H,5-9H2;1H. The number of benzene rings is 1. The van der Waals surface area contributed by atoms with Gasteiger partial charge in [0.1, 0.15) is 0 Å². The fraction of sp³-hybridized carbons (Fsp3) is 0.533. The second-order valence-electron chi connectivity index (χ2n) is 5.81. The summed E-state index contributed by atoms with van der Waals surface area (Å²) in [6.07, 6.45) is 0.463. The first kappa shape index (κ1) is 17.4. The minimum atomic E-state index is -2.77. The van der Waals surface area contributed by atoms with Gasteiger partial charge in [0.2, 0.25) is 5.91 Å². The Labute approximate surface area is 139 Å². The molecule has 1 N–H and O–H groups in total. The van der Waals surface area contributed by atoms with E-state index in [0.29, 0.717) is 18.1 Å². The van der Waals surface area contributed by atoms with E-state index >= 15 is 0 Å². The fourth-order valence-electron chi connectivity index (χ4n) is 3.08. The molecule has 2 saturated heterocycles. The van der Waals surface area contributed by atoms with Gasteiger partial charge in [0.15, 0.2) is 0 Å². The Morgan fingerprint density at radius 2 is 2.00 bits per heavy atom. The van der Waals surface area contributed by atoms with Crippen molar-refractivity contribution < 1.29 is 13.6 Å². The molecule has 1 aromatic rings. The highest BCUT2D eigenvalue weighted by atomic mass is 35.5. The number of likely N-dealkylation sites (tertiary alicyclic amines) is 1. The number of hydrogen-bond acceptors (Lipinski definition) is 2. The van der Waals surface area contributed by atoms with E-state index in [1.807, 2.05) is 24.3 Å². The molecular weight excluding hydrogens is 333 g/mol. The Bertz CT molecular complexity index is 539. The van der Waals surface area contributed by atoms with E-state index < -0.39 is 24.9 Å². The molecule has 2 heterocycles. The van der Waals surface area contributed by atoms with Crippen LogP contribution in [0.3, 0.4) is 0 Å². The molecule has 2 fully saturated rings. The van der Waals surface area contributed by atoms with Crippen LogP contribution in [0.5, 0.6) is 0 Å². The Morgan fingerprint density at radius 1 is 1.32 bits per heavy atom. The lowest BCUT2D eigenvalue weighted by Gasteiger charge is -2.20. The third-order valence-electron chi connectivity index (χ3n) is 4.25. The van der Waals surface area contributed by atoms with E-state index in [9.17, 15) is 13.6 Å². The summed E-state index contributed by atoms with van der Waals surface area (Å²) in [6, 6.07) is 6.84. The molecular formula is C15H18Cl2F2N2O. The first-order valence-electron chi connectivity index (χ1n) is 7.10. The molecule has 0 saturated carbocycles. The van der Waals surface area contributed by atoms with Crippen LogP contribution >= 0.6 is 24.0 Å². The summed E-state index contributed by atoms with van der Waals surface area (Å²) in [6.45, 7) is 0.804. The summed E-state index contributed by atoms with van der Waals surface area (Å²) in [4.78, 5) is 14.0. The molecule has 0 radical (unpaired) electrons. The number of nitrogens with zero attached hydrogens (tertiary/aromatic N) is 1. The van der Waals surface area contributed by atoms with E-state index in [1.165, 1.54) is 0 Å². The number of nitrogens with one attached hydrogen (secondary N) is 1. The van der Waals surface area contributed by atoms with E-state index in [-0.39, 0.29) is 24.2 Å². The number of rotatable bonds is 2. The molecule has 0 spiro atoms. The Kier molecular flexibility index (Phi) is 5.30. The summed E-state index contributed by atoms with van der Waals surface area (Å²) in [5.41, 5.74) is 1.14. The number of halogens is 4. The maximum atomic E-state index is 13.2. The van der Waals surface area contributed by atoms with Crippen LogP contribution in [-0.2, 0) is 4.79 Å². The second-order valence-corrected chi connectivity index (χ2v) is 6.25. The highest BCUT2D eigenvalue weighted by molar-refractivity contribution is 6.30. The summed E-state index contributed by atoms with van der Waals surface area (Å²) >= 11 is 5.87. The normalized spacial score (nSPS) is 26.8. The Morgan fingerprint density at radius 3 is 2.59 bits per heavy atom. The largest absolute Gasteiger partial charge is 0.341 e. The third kappa shape index (κ3) is 3.70. The molecule has 2 atom stereocenters. The van der Waals surface area contributed by atoms with Crippen LogP contribution in [0.1, 0.15) is 24.3 Å². The third-order valence-corrected chi connectivity index (χ3v) is 4.50. The summed E-state index contributed by atoms with van der Waals surface area (Å²) in [5, 5.41) is 3.31. The van der Waals surface area contributed by atoms with Crippen LogP contribution in [0.15, 0.2) is 24.3 Å². The smallest absolute Gasteiger partial charge is 0.262 e. The maximum absolute atomic E-state index is 13.2. The number of hydrogen-bond donors (Lipinski definition) is 1. The van der Waals surface area contributed by atoms with Gasteiger partial charge >= 0.3 is 0 Å². The van der Waals surface area contributed by atoms with Gasteiger partial charge in [-0.2, -0.15) is 0 Å². The minimum Gasteiger partial charge on any atom is -0.341 e. The first-order chi connectivity index (χ1) is 9.94. The summed E-state index contributed by atoms with van der Waals surface area (Å²) in [7, 11) is 0. The lowest BCUT2D eigenvalue weighted by molar-refractivity contribution is -0.132. The van der Waals surface area contributed by atoms with Crippen molar-refractivity contribution in [3.8, 4) is 0 Å². The van der Waals surface area contributed by atoms with Gasteiger partial charge < -0.3 is 4.90 Å². The molecule has 2 aliphatic rings. The van der Waals surface area contributed by atoms with E-state index in [1.54, 1.807) is 4.90 Å². The van der Waals surface area contributed by atoms with Crippen LogP contribution in [0, 0.1) is 0 Å². The van der Waals surface area contributed by atoms with Crippen molar-refractivity contribution in [2.75, 3.05) is 19.6 Å². The van der Waals surface area contributed by atoms with Gasteiger partial charge in [-0.05, 0) is 24.1 Å². The SMILES string of the molecule is Cl.O=C(C1CC(F)(F)CN1)N1CCC(c2ccc(Cl)cc2)C1. The average molecular weight is 351 g/mol. The molecule has 7 heteroatoms. The monoisotopic (exact) mass is 350 g/mol. The molecule has 1 amide bonds. The first-order valence-corrected chi connectivity index (χ1v) is 7.48. The highest BCUT2D eigenvalue weighted by Crippen LogP contribution is 2.31. The van der Waals surface area contributed by atoms with Crippen LogP contribution in [-0.4, -0.2) is 42.4 Å². The number of alkyl halides is 2. The summed E-state index contributed by atoms with van der Waals surface area (Å²) < 4.78 is 26.4. The van der Waals surface area contributed by atoms with Gasteiger partial charge in [-0.1, -0.05) is 23.7 Å². The lowest BCUT2D eigenvalue weighted by Crippen LogP contribution is -2.42. The predicted molar refractivity (Wildman–Crippen MR) is 84.0 cm³/mol. The Balaban J connectivity index is 0.00000176. The zero-order valence-corrected chi connectivity index (χ0v) is 13.5. The quantitative estimate of drug-likeness (QED) is 0.888.